The fourth-order valence-electron chi connectivity index (χ4n) is 1.09. The second-order valence-corrected chi connectivity index (χ2v) is 5.14. The van der Waals surface area contributed by atoms with Gasteiger partial charge < -0.3 is 5.73 Å². The number of rotatable bonds is 0. The molecule has 0 amide bonds. The van der Waals surface area contributed by atoms with Crippen LogP contribution in [0.4, 0.5) is 5.13 Å². The summed E-state index contributed by atoms with van der Waals surface area (Å²) in [4.78, 5) is 10.5. The van der Waals surface area contributed by atoms with Gasteiger partial charge in [-0.2, -0.15) is 0 Å². The van der Waals surface area contributed by atoms with Crippen molar-refractivity contribution >= 4 is 58.2 Å². The van der Waals surface area contributed by atoms with Gasteiger partial charge in [-0.25, -0.2) is 9.97 Å². The van der Waals surface area contributed by atoms with E-state index in [2.05, 4.69) is 9.97 Å². The molecule has 0 aliphatic heterocycles. The van der Waals surface area contributed by atoms with Crippen molar-refractivity contribution in [3.8, 4) is 0 Å². The van der Waals surface area contributed by atoms with Gasteiger partial charge in [0.25, 0.3) is 0 Å². The summed E-state index contributed by atoms with van der Waals surface area (Å²) < 4.78 is 2.42. The molecule has 2 N–H and O–H groups in total. The molecule has 0 aromatic carbocycles. The number of nitrogen functional groups attached to an aromatic ring is 1. The Morgan fingerprint density at radius 3 is 3.00 bits per heavy atom. The van der Waals surface area contributed by atoms with Crippen LogP contribution in [0.3, 0.4) is 0 Å². The number of anilines is 1. The van der Waals surface area contributed by atoms with Crippen molar-refractivity contribution in [2.45, 2.75) is 0 Å². The maximum atomic E-state index is 5.59. The van der Waals surface area contributed by atoms with Crippen LogP contribution in [0, 0.1) is 0 Å². The van der Waals surface area contributed by atoms with E-state index in [1.54, 1.807) is 34.0 Å². The van der Waals surface area contributed by atoms with Gasteiger partial charge in [-0.05, 0) is 0 Å². The Morgan fingerprint density at radius 2 is 2.08 bits per heavy atom. The molecule has 3 rings (SSSR count). The first-order valence-corrected chi connectivity index (χ1v) is 5.74. The molecule has 0 radical (unpaired) electrons. The quantitative estimate of drug-likeness (QED) is 0.624. The first-order chi connectivity index (χ1) is 5.84. The number of aromatic nitrogens is 2. The Labute approximate surface area is 79.5 Å². The zero-order valence-electron chi connectivity index (χ0n) is 5.77. The number of hydrogen-bond acceptors (Lipinski definition) is 6. The van der Waals surface area contributed by atoms with Crippen molar-refractivity contribution in [2.24, 2.45) is 0 Å². The maximum Gasteiger partial charge on any atom is 0.182 e. The van der Waals surface area contributed by atoms with Crippen LogP contribution in [-0.2, 0) is 0 Å². The van der Waals surface area contributed by atoms with E-state index in [0.717, 1.165) is 9.66 Å². The Kier molecular flexibility index (Phi) is 1.21. The predicted octanol–water partition coefficient (Wildman–Crippen LogP) is 2.55. The van der Waals surface area contributed by atoms with Crippen molar-refractivity contribution in [1.29, 1.82) is 0 Å². The normalized spacial score (nSPS) is 11.7. The number of thiophene rings is 1. The molecule has 3 nitrogen and oxygen atoms in total. The molecule has 3 heterocycles. The van der Waals surface area contributed by atoms with Gasteiger partial charge in [0.05, 0.1) is 14.9 Å². The largest absolute Gasteiger partial charge is 0.375 e. The van der Waals surface area contributed by atoms with Crippen LogP contribution in [0.15, 0.2) is 5.51 Å². The summed E-state index contributed by atoms with van der Waals surface area (Å²) in [6.45, 7) is 0. The highest BCUT2D eigenvalue weighted by Crippen LogP contribution is 2.39. The molecule has 6 heteroatoms. The third-order valence-electron chi connectivity index (χ3n) is 1.55. The molecule has 0 atom stereocenters. The summed E-state index contributed by atoms with van der Waals surface area (Å²) in [6.07, 6.45) is 0. The number of hydrogen-bond donors (Lipinski definition) is 1. The average molecular weight is 213 g/mol. The van der Waals surface area contributed by atoms with Gasteiger partial charge in [0.1, 0.15) is 9.66 Å². The Hall–Kier alpha value is -0.720. The summed E-state index contributed by atoms with van der Waals surface area (Å²) in [5.41, 5.74) is 7.45. The molecule has 0 saturated heterocycles. The Morgan fingerprint density at radius 1 is 1.17 bits per heavy atom. The molecule has 0 fully saturated rings. The van der Waals surface area contributed by atoms with Gasteiger partial charge in [-0.3, -0.25) is 0 Å². The van der Waals surface area contributed by atoms with Gasteiger partial charge >= 0.3 is 0 Å². The lowest BCUT2D eigenvalue weighted by molar-refractivity contribution is 1.53. The van der Waals surface area contributed by atoms with Crippen LogP contribution < -0.4 is 5.73 Å². The molecular weight excluding hydrogens is 210 g/mol. The molecular formula is C6H3N3S3. The van der Waals surface area contributed by atoms with E-state index in [4.69, 9.17) is 5.73 Å². The number of fused-ring (bicyclic) bond motifs is 3. The van der Waals surface area contributed by atoms with Crippen molar-refractivity contribution in [3.63, 3.8) is 0 Å². The van der Waals surface area contributed by atoms with E-state index in [-0.39, 0.29) is 0 Å². The monoisotopic (exact) mass is 213 g/mol. The lowest BCUT2D eigenvalue weighted by atomic mass is 10.6. The lowest BCUT2D eigenvalue weighted by Crippen LogP contribution is -1.78. The van der Waals surface area contributed by atoms with E-state index in [9.17, 15) is 0 Å². The molecule has 0 spiro atoms. The van der Waals surface area contributed by atoms with Crippen LogP contribution in [0.5, 0.6) is 0 Å². The maximum absolute atomic E-state index is 5.59. The summed E-state index contributed by atoms with van der Waals surface area (Å²) in [5, 5.41) is 0.645. The summed E-state index contributed by atoms with van der Waals surface area (Å²) in [6, 6.07) is 0. The first-order valence-electron chi connectivity index (χ1n) is 3.22. The fourth-order valence-corrected chi connectivity index (χ4v) is 4.24. The number of nitrogens with two attached hydrogens (primary N) is 1. The van der Waals surface area contributed by atoms with Gasteiger partial charge in [-0.15, -0.1) is 11.3 Å². The van der Waals surface area contributed by atoms with Crippen LogP contribution in [0.1, 0.15) is 0 Å². The minimum absolute atomic E-state index is 0.645. The van der Waals surface area contributed by atoms with Gasteiger partial charge in [0.15, 0.2) is 5.13 Å². The zero-order chi connectivity index (χ0) is 8.13. The smallest absolute Gasteiger partial charge is 0.182 e. The highest BCUT2D eigenvalue weighted by atomic mass is 32.1. The van der Waals surface area contributed by atoms with Crippen LogP contribution >= 0.6 is 34.0 Å². The molecule has 0 saturated carbocycles. The third kappa shape index (κ3) is 0.742. The van der Waals surface area contributed by atoms with Crippen LogP contribution in [0.25, 0.3) is 19.1 Å². The van der Waals surface area contributed by atoms with E-state index >= 15 is 0 Å². The number of thiazole rings is 2. The van der Waals surface area contributed by atoms with Gasteiger partial charge in [0, 0.05) is 0 Å². The highest BCUT2D eigenvalue weighted by Gasteiger charge is 2.10. The molecule has 0 unspecified atom stereocenters. The van der Waals surface area contributed by atoms with Crippen molar-refractivity contribution in [1.82, 2.24) is 9.97 Å². The minimum Gasteiger partial charge on any atom is -0.375 e. The topological polar surface area (TPSA) is 51.8 Å². The Bertz CT molecular complexity index is 546. The van der Waals surface area contributed by atoms with Crippen molar-refractivity contribution < 1.29 is 0 Å². The van der Waals surface area contributed by atoms with Gasteiger partial charge in [-0.1, -0.05) is 22.7 Å². The van der Waals surface area contributed by atoms with Crippen LogP contribution in [0.2, 0.25) is 0 Å². The first kappa shape index (κ1) is 6.76. The third-order valence-corrected chi connectivity index (χ3v) is 4.67. The second kappa shape index (κ2) is 2.15. The number of nitrogens with zero attached hydrogens (tertiary/aromatic N) is 2. The van der Waals surface area contributed by atoms with E-state index in [1.165, 1.54) is 9.40 Å². The van der Waals surface area contributed by atoms with E-state index < -0.39 is 0 Å². The molecule has 12 heavy (non-hydrogen) atoms. The molecule has 0 aliphatic carbocycles. The SMILES string of the molecule is Nc1nc2sc3ncsc3c2s1. The molecule has 0 bridgehead atoms. The highest BCUT2D eigenvalue weighted by molar-refractivity contribution is 7.38. The van der Waals surface area contributed by atoms with E-state index in [0.29, 0.717) is 5.13 Å². The predicted molar refractivity (Wildman–Crippen MR) is 55.1 cm³/mol. The molecule has 3 aromatic heterocycles. The zero-order valence-corrected chi connectivity index (χ0v) is 8.22. The summed E-state index contributed by atoms with van der Waals surface area (Å²) in [5.74, 6) is 0. The molecule has 3 aromatic rings. The fraction of sp³-hybridized carbons (Fsp3) is 0. The Balaban J connectivity index is 2.64. The molecule has 60 valence electrons. The summed E-state index contributed by atoms with van der Waals surface area (Å²) in [7, 11) is 0. The minimum atomic E-state index is 0.645. The summed E-state index contributed by atoms with van der Waals surface area (Å²) >= 11 is 4.80. The van der Waals surface area contributed by atoms with Crippen molar-refractivity contribution in [2.75, 3.05) is 5.73 Å². The van der Waals surface area contributed by atoms with Crippen molar-refractivity contribution in [3.05, 3.63) is 5.51 Å². The van der Waals surface area contributed by atoms with Crippen LogP contribution in [-0.4, -0.2) is 9.97 Å². The average Bonchev–Trinajstić information content (AvgIpc) is 2.59. The standard InChI is InChI=1S/C6H3N3S3/c7-6-9-5-3(11-6)2-4(12-5)8-1-10-2/h1H,(H2,7,9). The second-order valence-electron chi connectivity index (χ2n) is 2.28. The lowest BCUT2D eigenvalue weighted by Gasteiger charge is -1.73. The van der Waals surface area contributed by atoms with Gasteiger partial charge in [0.2, 0.25) is 0 Å². The van der Waals surface area contributed by atoms with E-state index in [1.807, 2.05) is 5.51 Å². The molecule has 0 aliphatic rings.